The lowest BCUT2D eigenvalue weighted by Gasteiger charge is -2.16. The molecule has 0 bridgehead atoms. The van der Waals surface area contributed by atoms with Gasteiger partial charge in [0.2, 0.25) is 5.91 Å². The van der Waals surface area contributed by atoms with Gasteiger partial charge in [-0.3, -0.25) is 4.79 Å². The minimum Gasteiger partial charge on any atom is -0.490 e. The molecule has 188 valence electrons. The van der Waals surface area contributed by atoms with Crippen LogP contribution in [0.25, 0.3) is 0 Å². The van der Waals surface area contributed by atoms with Crippen LogP contribution < -0.4 is 20.7 Å². The normalized spacial score (nSPS) is 11.2. The van der Waals surface area contributed by atoms with Crippen molar-refractivity contribution in [3.63, 3.8) is 0 Å². The number of carbonyl (C=O) groups excluding carboxylic acids is 3. The summed E-state index contributed by atoms with van der Waals surface area (Å²) in [6.07, 6.45) is 0.175. The Morgan fingerprint density at radius 1 is 0.972 bits per heavy atom. The van der Waals surface area contributed by atoms with Gasteiger partial charge in [-0.1, -0.05) is 41.9 Å². The lowest BCUT2D eigenvalue weighted by molar-refractivity contribution is -0.121. The molecule has 36 heavy (non-hydrogen) atoms. The van der Waals surface area contributed by atoms with Gasteiger partial charge in [0.05, 0.1) is 30.2 Å². The predicted molar refractivity (Wildman–Crippen MR) is 140 cm³/mol. The van der Waals surface area contributed by atoms with E-state index in [0.29, 0.717) is 17.0 Å². The number of methoxy groups -OCH3 is 1. The molecule has 8 nitrogen and oxygen atoms in total. The quantitative estimate of drug-likeness (QED) is 0.343. The fourth-order valence-corrected chi connectivity index (χ4v) is 3.57. The van der Waals surface area contributed by atoms with Crippen LogP contribution in [0.3, 0.4) is 0 Å². The Kier molecular flexibility index (Phi) is 9.30. The van der Waals surface area contributed by atoms with Gasteiger partial charge in [-0.2, -0.15) is 0 Å². The molecule has 3 amide bonds. The van der Waals surface area contributed by atoms with E-state index in [4.69, 9.17) is 16.3 Å². The first kappa shape index (κ1) is 26.6. The van der Waals surface area contributed by atoms with Crippen molar-refractivity contribution in [1.29, 1.82) is 0 Å². The van der Waals surface area contributed by atoms with E-state index in [1.54, 1.807) is 36.4 Å². The maximum Gasteiger partial charge on any atom is 0.337 e. The van der Waals surface area contributed by atoms with Gasteiger partial charge in [-0.05, 0) is 61.4 Å². The zero-order chi connectivity index (χ0) is 26.1. The molecule has 0 spiro atoms. The number of anilines is 2. The third-order valence-electron chi connectivity index (χ3n) is 5.22. The molecule has 0 fully saturated rings. The van der Waals surface area contributed by atoms with Crippen LogP contribution >= 0.6 is 11.6 Å². The number of esters is 1. The maximum absolute atomic E-state index is 12.4. The number of halogens is 1. The second kappa shape index (κ2) is 12.6. The minimum absolute atomic E-state index is 0.170. The second-order valence-electron chi connectivity index (χ2n) is 8.18. The van der Waals surface area contributed by atoms with E-state index in [1.807, 2.05) is 38.1 Å². The first-order chi connectivity index (χ1) is 17.2. The summed E-state index contributed by atoms with van der Waals surface area (Å²) in [5, 5.41) is 8.74. The average molecular weight is 510 g/mol. The number of hydrogen-bond donors (Lipinski definition) is 3. The van der Waals surface area contributed by atoms with Crippen LogP contribution in [0.15, 0.2) is 66.7 Å². The largest absolute Gasteiger partial charge is 0.490 e. The Balaban J connectivity index is 1.44. The van der Waals surface area contributed by atoms with Gasteiger partial charge < -0.3 is 25.4 Å². The van der Waals surface area contributed by atoms with Crippen molar-refractivity contribution in [2.75, 3.05) is 24.4 Å². The van der Waals surface area contributed by atoms with Crippen LogP contribution in [0.5, 0.6) is 5.75 Å². The van der Waals surface area contributed by atoms with Crippen molar-refractivity contribution in [3.8, 4) is 5.75 Å². The van der Waals surface area contributed by atoms with E-state index in [1.165, 1.54) is 13.2 Å². The fraction of sp³-hybridized carbons (Fsp3) is 0.222. The molecule has 0 aliphatic rings. The summed E-state index contributed by atoms with van der Waals surface area (Å²) in [6, 6.07) is 18.6. The molecule has 1 atom stereocenters. The van der Waals surface area contributed by atoms with Crippen LogP contribution in [0.1, 0.15) is 28.4 Å². The predicted octanol–water partition coefficient (Wildman–Crippen LogP) is 5.21. The second-order valence-corrected chi connectivity index (χ2v) is 8.59. The van der Waals surface area contributed by atoms with E-state index in [2.05, 4.69) is 20.7 Å². The van der Waals surface area contributed by atoms with Crippen molar-refractivity contribution >= 4 is 40.9 Å². The van der Waals surface area contributed by atoms with Crippen molar-refractivity contribution in [2.24, 2.45) is 0 Å². The molecular weight excluding hydrogens is 482 g/mol. The lowest BCUT2D eigenvalue weighted by atomic mass is 10.1. The molecule has 9 heteroatoms. The molecular formula is C27H28ClN3O5. The maximum atomic E-state index is 12.4. The van der Waals surface area contributed by atoms with Gasteiger partial charge >= 0.3 is 12.0 Å². The number of amides is 3. The molecule has 0 saturated carbocycles. The monoisotopic (exact) mass is 509 g/mol. The van der Waals surface area contributed by atoms with Crippen LogP contribution in [-0.4, -0.2) is 37.7 Å². The van der Waals surface area contributed by atoms with E-state index < -0.39 is 5.97 Å². The zero-order valence-corrected chi connectivity index (χ0v) is 21.0. The zero-order valence-electron chi connectivity index (χ0n) is 20.3. The van der Waals surface area contributed by atoms with Crippen LogP contribution in [0.4, 0.5) is 16.2 Å². The Hall–Kier alpha value is -4.04. The Morgan fingerprint density at radius 2 is 1.69 bits per heavy atom. The molecule has 0 aliphatic heterocycles. The number of nitrogens with one attached hydrogen (secondary N) is 3. The fourth-order valence-electron chi connectivity index (χ4n) is 3.33. The molecule has 3 aromatic carbocycles. The summed E-state index contributed by atoms with van der Waals surface area (Å²) >= 11 is 6.17. The number of urea groups is 1. The van der Waals surface area contributed by atoms with Crippen LogP contribution in [0, 0.1) is 6.92 Å². The molecule has 0 radical (unpaired) electrons. The lowest BCUT2D eigenvalue weighted by Crippen LogP contribution is -2.37. The first-order valence-corrected chi connectivity index (χ1v) is 11.7. The van der Waals surface area contributed by atoms with Gasteiger partial charge in [0, 0.05) is 11.4 Å². The van der Waals surface area contributed by atoms with Gasteiger partial charge in [0.15, 0.2) is 0 Å². The number of para-hydroxylation sites is 1. The summed E-state index contributed by atoms with van der Waals surface area (Å²) in [4.78, 5) is 36.2. The number of carbonyl (C=O) groups is 3. The molecule has 0 saturated heterocycles. The van der Waals surface area contributed by atoms with E-state index in [0.717, 1.165) is 16.8 Å². The third kappa shape index (κ3) is 7.74. The summed E-state index contributed by atoms with van der Waals surface area (Å²) in [5.41, 5.74) is 3.44. The summed E-state index contributed by atoms with van der Waals surface area (Å²) in [5.74, 6) is -0.255. The molecule has 0 aromatic heterocycles. The molecule has 3 rings (SSSR count). The number of benzene rings is 3. The summed E-state index contributed by atoms with van der Waals surface area (Å²) < 4.78 is 10.3. The summed E-state index contributed by atoms with van der Waals surface area (Å²) in [7, 11) is 1.29. The van der Waals surface area contributed by atoms with Gasteiger partial charge in [-0.15, -0.1) is 0 Å². The number of aryl methyl sites for hydroxylation is 1. The smallest absolute Gasteiger partial charge is 0.337 e. The van der Waals surface area contributed by atoms with E-state index in [-0.39, 0.29) is 36.0 Å². The highest BCUT2D eigenvalue weighted by Gasteiger charge is 2.13. The third-order valence-corrected chi connectivity index (χ3v) is 5.51. The highest BCUT2D eigenvalue weighted by atomic mass is 35.5. The highest BCUT2D eigenvalue weighted by Crippen LogP contribution is 2.26. The molecule has 0 unspecified atom stereocenters. The van der Waals surface area contributed by atoms with Crippen molar-refractivity contribution in [1.82, 2.24) is 5.32 Å². The van der Waals surface area contributed by atoms with Crippen molar-refractivity contribution in [2.45, 2.75) is 26.3 Å². The standard InChI is InChI=1S/C27H28ClN3O5/c1-17-6-4-5-7-23(17)31-27(34)30-21-11-8-19(9-12-21)14-25(32)29-18(2)16-36-24-13-10-20(15-22(24)28)26(33)35-3/h4-13,15,18H,14,16H2,1-3H3,(H,29,32)(H2,30,31,34)/t18-/m0/s1. The SMILES string of the molecule is COC(=O)c1ccc(OC[C@H](C)NC(=O)Cc2ccc(NC(=O)Nc3ccccc3C)cc2)c(Cl)c1. The number of rotatable bonds is 9. The Morgan fingerprint density at radius 3 is 2.36 bits per heavy atom. The van der Waals surface area contributed by atoms with E-state index in [9.17, 15) is 14.4 Å². The minimum atomic E-state index is -0.488. The molecule has 0 heterocycles. The first-order valence-electron chi connectivity index (χ1n) is 11.3. The Bertz CT molecular complexity index is 1230. The topological polar surface area (TPSA) is 106 Å². The van der Waals surface area contributed by atoms with E-state index >= 15 is 0 Å². The Labute approximate surface area is 214 Å². The van der Waals surface area contributed by atoms with Crippen LogP contribution in [-0.2, 0) is 16.0 Å². The highest BCUT2D eigenvalue weighted by molar-refractivity contribution is 6.32. The molecule has 3 aromatic rings. The van der Waals surface area contributed by atoms with Crippen molar-refractivity contribution in [3.05, 3.63) is 88.4 Å². The molecule has 0 aliphatic carbocycles. The summed E-state index contributed by atoms with van der Waals surface area (Å²) in [6.45, 7) is 3.93. The number of hydrogen-bond acceptors (Lipinski definition) is 5. The van der Waals surface area contributed by atoms with Gasteiger partial charge in [-0.25, -0.2) is 9.59 Å². The molecule has 3 N–H and O–H groups in total. The number of ether oxygens (including phenoxy) is 2. The average Bonchev–Trinajstić information content (AvgIpc) is 2.85. The van der Waals surface area contributed by atoms with Crippen LogP contribution in [0.2, 0.25) is 5.02 Å². The van der Waals surface area contributed by atoms with Crippen molar-refractivity contribution < 1.29 is 23.9 Å². The van der Waals surface area contributed by atoms with Gasteiger partial charge in [0.1, 0.15) is 12.4 Å². The van der Waals surface area contributed by atoms with Gasteiger partial charge in [0.25, 0.3) is 0 Å².